The summed E-state index contributed by atoms with van der Waals surface area (Å²) >= 11 is 0. The first kappa shape index (κ1) is 25.3. The Labute approximate surface area is 186 Å². The zero-order valence-electron chi connectivity index (χ0n) is 19.0. The minimum absolute atomic E-state index is 0.0490. The van der Waals surface area contributed by atoms with Crippen molar-refractivity contribution in [3.05, 3.63) is 0 Å². The zero-order chi connectivity index (χ0) is 22.2. The van der Waals surface area contributed by atoms with Crippen molar-refractivity contribution in [2.24, 2.45) is 17.8 Å². The van der Waals surface area contributed by atoms with E-state index in [-0.39, 0.29) is 19.1 Å². The number of piperidine rings is 1. The number of alkyl halides is 1. The van der Waals surface area contributed by atoms with Crippen LogP contribution in [0.5, 0.6) is 0 Å². The monoisotopic (exact) mass is 445 g/mol. The van der Waals surface area contributed by atoms with Crippen molar-refractivity contribution in [1.82, 2.24) is 4.90 Å². The van der Waals surface area contributed by atoms with Crippen molar-refractivity contribution in [3.63, 3.8) is 0 Å². The fourth-order valence-corrected chi connectivity index (χ4v) is 6.00. The Kier molecular flexibility index (Phi) is 10.5. The Morgan fingerprint density at radius 1 is 0.871 bits per heavy atom. The highest BCUT2D eigenvalue weighted by Crippen LogP contribution is 2.41. The lowest BCUT2D eigenvalue weighted by atomic mass is 9.70. The summed E-state index contributed by atoms with van der Waals surface area (Å²) in [5.74, 6) is 1.39. The highest BCUT2D eigenvalue weighted by Gasteiger charge is 2.40. The highest BCUT2D eigenvalue weighted by molar-refractivity contribution is 4.94. The van der Waals surface area contributed by atoms with Gasteiger partial charge in [0.2, 0.25) is 0 Å². The Morgan fingerprint density at radius 2 is 1.65 bits per heavy atom. The van der Waals surface area contributed by atoms with Crippen LogP contribution in [0.3, 0.4) is 0 Å². The van der Waals surface area contributed by atoms with Crippen molar-refractivity contribution in [2.75, 3.05) is 32.9 Å². The van der Waals surface area contributed by atoms with Gasteiger partial charge in [-0.2, -0.15) is 0 Å². The summed E-state index contributed by atoms with van der Waals surface area (Å²) in [5, 5.41) is 39.1. The summed E-state index contributed by atoms with van der Waals surface area (Å²) < 4.78 is 20.5. The van der Waals surface area contributed by atoms with Gasteiger partial charge in [-0.25, -0.2) is 4.39 Å². The molecule has 0 aromatic rings. The van der Waals surface area contributed by atoms with Crippen molar-refractivity contribution < 1.29 is 29.6 Å². The molecular formula is C24H44FNO5. The third-order valence-electron chi connectivity index (χ3n) is 8.05. The first-order valence-corrected chi connectivity index (χ1v) is 12.6. The van der Waals surface area contributed by atoms with Crippen LogP contribution in [-0.2, 0) is 4.74 Å². The first-order chi connectivity index (χ1) is 15.0. The summed E-state index contributed by atoms with van der Waals surface area (Å²) in [6.07, 6.45) is 8.05. The molecule has 31 heavy (non-hydrogen) atoms. The lowest BCUT2D eigenvalue weighted by molar-refractivity contribution is -0.145. The molecule has 1 aliphatic heterocycles. The molecule has 3 aliphatic rings. The molecule has 0 aromatic carbocycles. The molecule has 0 aromatic heterocycles. The van der Waals surface area contributed by atoms with E-state index in [1.165, 1.54) is 32.1 Å². The Morgan fingerprint density at radius 3 is 2.35 bits per heavy atom. The number of halogens is 1. The van der Waals surface area contributed by atoms with E-state index in [0.717, 1.165) is 44.4 Å². The molecule has 4 N–H and O–H groups in total. The molecule has 6 nitrogen and oxygen atoms in total. The van der Waals surface area contributed by atoms with Crippen molar-refractivity contribution in [3.8, 4) is 0 Å². The quantitative estimate of drug-likeness (QED) is 0.386. The maximum atomic E-state index is 14.7. The fourth-order valence-electron chi connectivity index (χ4n) is 6.00. The van der Waals surface area contributed by atoms with Gasteiger partial charge in [-0.15, -0.1) is 0 Å². The number of β-amino-alcohol motifs (C(OH)–C–C–N with tert-alkyl or cyclic N) is 1. The lowest BCUT2D eigenvalue weighted by Gasteiger charge is -2.43. The molecule has 3 fully saturated rings. The van der Waals surface area contributed by atoms with Crippen LogP contribution in [0.2, 0.25) is 0 Å². The van der Waals surface area contributed by atoms with Gasteiger partial charge in [0, 0.05) is 19.1 Å². The summed E-state index contributed by atoms with van der Waals surface area (Å²) in [4.78, 5) is 1.85. The summed E-state index contributed by atoms with van der Waals surface area (Å²) in [5.41, 5.74) is 0. The minimum Gasteiger partial charge on any atom is -0.395 e. The van der Waals surface area contributed by atoms with Crippen LogP contribution in [-0.4, -0.2) is 88.8 Å². The molecular weight excluding hydrogens is 401 g/mol. The molecule has 0 amide bonds. The van der Waals surface area contributed by atoms with Crippen LogP contribution in [0.25, 0.3) is 0 Å². The molecule has 182 valence electrons. The molecule has 1 heterocycles. The maximum absolute atomic E-state index is 14.7. The van der Waals surface area contributed by atoms with Crippen molar-refractivity contribution in [2.45, 2.75) is 101 Å². The maximum Gasteiger partial charge on any atom is 0.109 e. The van der Waals surface area contributed by atoms with Gasteiger partial charge in [0.15, 0.2) is 0 Å². The molecule has 0 radical (unpaired) electrons. The number of hydrogen-bond acceptors (Lipinski definition) is 6. The smallest absolute Gasteiger partial charge is 0.109 e. The average molecular weight is 446 g/mol. The Hall–Kier alpha value is -0.310. The average Bonchev–Trinajstić information content (AvgIpc) is 2.78. The predicted molar refractivity (Wildman–Crippen MR) is 117 cm³/mol. The third kappa shape index (κ3) is 7.08. The van der Waals surface area contributed by atoms with Crippen LogP contribution in [0, 0.1) is 17.8 Å². The van der Waals surface area contributed by atoms with Crippen molar-refractivity contribution >= 4 is 0 Å². The minimum atomic E-state index is -1.21. The van der Waals surface area contributed by atoms with E-state index < -0.39 is 30.5 Å². The van der Waals surface area contributed by atoms with E-state index >= 15 is 0 Å². The predicted octanol–water partition coefficient (Wildman–Crippen LogP) is 2.27. The highest BCUT2D eigenvalue weighted by atomic mass is 19.1. The number of likely N-dealkylation sites (tertiary alicyclic amines) is 1. The van der Waals surface area contributed by atoms with E-state index in [9.17, 15) is 24.8 Å². The third-order valence-corrected chi connectivity index (χ3v) is 8.05. The Balaban J connectivity index is 1.25. The van der Waals surface area contributed by atoms with Crippen molar-refractivity contribution in [1.29, 1.82) is 0 Å². The van der Waals surface area contributed by atoms with Crippen LogP contribution in [0.4, 0.5) is 4.39 Å². The van der Waals surface area contributed by atoms with Gasteiger partial charge in [0.05, 0.1) is 25.4 Å². The SMILES string of the molecule is OC[C@@H]1[C@H](O)[C@H](O)[C@@H](O)CN1CCCCCOCC1CCC(C2CCCCC2)CC1F. The number of ether oxygens (including phenoxy) is 1. The molecule has 1 saturated heterocycles. The molecule has 3 unspecified atom stereocenters. The molecule has 7 heteroatoms. The van der Waals surface area contributed by atoms with E-state index in [1.807, 2.05) is 4.90 Å². The van der Waals surface area contributed by atoms with Crippen LogP contribution in [0.15, 0.2) is 0 Å². The topological polar surface area (TPSA) is 93.4 Å². The first-order valence-electron chi connectivity index (χ1n) is 12.6. The molecule has 7 atom stereocenters. The van der Waals surface area contributed by atoms with Gasteiger partial charge < -0.3 is 25.2 Å². The van der Waals surface area contributed by atoms with Crippen LogP contribution >= 0.6 is 0 Å². The van der Waals surface area contributed by atoms with Gasteiger partial charge in [-0.1, -0.05) is 32.1 Å². The molecule has 0 spiro atoms. The van der Waals surface area contributed by atoms with Gasteiger partial charge in [0.25, 0.3) is 0 Å². The van der Waals surface area contributed by atoms with E-state index in [0.29, 0.717) is 25.7 Å². The number of aliphatic hydroxyl groups is 4. The van der Waals surface area contributed by atoms with Gasteiger partial charge >= 0.3 is 0 Å². The molecule has 3 rings (SSSR count). The number of aliphatic hydroxyl groups excluding tert-OH is 4. The summed E-state index contributed by atoms with van der Waals surface area (Å²) in [6, 6.07) is -0.542. The zero-order valence-corrected chi connectivity index (χ0v) is 19.0. The molecule has 0 bridgehead atoms. The summed E-state index contributed by atoms with van der Waals surface area (Å²) in [6.45, 7) is 1.79. The second-order valence-electron chi connectivity index (χ2n) is 10.2. The number of hydrogen-bond donors (Lipinski definition) is 4. The lowest BCUT2D eigenvalue weighted by Crippen LogP contribution is -2.62. The Bertz CT molecular complexity index is 506. The number of nitrogens with zero attached hydrogens (tertiary/aromatic N) is 1. The van der Waals surface area contributed by atoms with Gasteiger partial charge in [-0.3, -0.25) is 4.90 Å². The van der Waals surface area contributed by atoms with Crippen LogP contribution < -0.4 is 0 Å². The second-order valence-corrected chi connectivity index (χ2v) is 10.2. The fraction of sp³-hybridized carbons (Fsp3) is 1.00. The standard InChI is InChI=1S/C24H44FNO5/c25-20-13-18(17-7-3-1-4-8-17)9-10-19(20)16-31-12-6-2-5-11-26-14-22(28)24(30)23(29)21(26)15-27/h17-24,27-30H,1-16H2/t18?,19?,20?,21-,22+,23+,24-/m1/s1. The largest absolute Gasteiger partial charge is 0.395 e. The van der Waals surface area contributed by atoms with E-state index in [2.05, 4.69) is 0 Å². The number of unbranched alkanes of at least 4 members (excludes halogenated alkanes) is 2. The van der Waals surface area contributed by atoms with Crippen LogP contribution in [0.1, 0.15) is 70.6 Å². The normalized spacial score (nSPS) is 38.4. The van der Waals surface area contributed by atoms with Gasteiger partial charge in [0.1, 0.15) is 18.4 Å². The summed E-state index contributed by atoms with van der Waals surface area (Å²) in [7, 11) is 0. The molecule has 2 saturated carbocycles. The van der Waals surface area contributed by atoms with E-state index in [1.54, 1.807) is 0 Å². The van der Waals surface area contributed by atoms with Gasteiger partial charge in [-0.05, 0) is 56.9 Å². The number of rotatable bonds is 10. The van der Waals surface area contributed by atoms with E-state index in [4.69, 9.17) is 4.74 Å². The molecule has 2 aliphatic carbocycles. The second kappa shape index (κ2) is 12.8.